The van der Waals surface area contributed by atoms with Gasteiger partial charge in [0.25, 0.3) is 5.91 Å². The van der Waals surface area contributed by atoms with Crippen molar-refractivity contribution in [3.8, 4) is 6.07 Å². The van der Waals surface area contributed by atoms with E-state index in [1.54, 1.807) is 32.2 Å². The summed E-state index contributed by atoms with van der Waals surface area (Å²) >= 11 is 5.99. The second-order valence-electron chi connectivity index (χ2n) is 4.34. The first-order valence-electron chi connectivity index (χ1n) is 6.49. The number of nitrogens with zero attached hydrogens (tertiary/aromatic N) is 1. The van der Waals surface area contributed by atoms with Crippen molar-refractivity contribution in [1.29, 1.82) is 5.26 Å². The van der Waals surface area contributed by atoms with Crippen LogP contribution in [0.5, 0.6) is 0 Å². The Morgan fingerprint density at radius 2 is 2.29 bits per heavy atom. The molecule has 0 unspecified atom stereocenters. The van der Waals surface area contributed by atoms with Crippen LogP contribution < -0.4 is 10.6 Å². The second-order valence-corrected chi connectivity index (χ2v) is 4.74. The van der Waals surface area contributed by atoms with Crippen molar-refractivity contribution in [2.45, 2.75) is 13.3 Å². The number of anilines is 1. The van der Waals surface area contributed by atoms with E-state index >= 15 is 0 Å². The zero-order valence-corrected chi connectivity index (χ0v) is 12.8. The smallest absolute Gasteiger partial charge is 0.267 e. The van der Waals surface area contributed by atoms with Crippen molar-refractivity contribution < 1.29 is 9.53 Å². The molecule has 1 aromatic carbocycles. The highest BCUT2D eigenvalue weighted by Gasteiger charge is 2.11. The molecule has 1 amide bonds. The van der Waals surface area contributed by atoms with Gasteiger partial charge in [-0.05, 0) is 31.0 Å². The van der Waals surface area contributed by atoms with E-state index < -0.39 is 5.91 Å². The van der Waals surface area contributed by atoms with E-state index in [0.717, 1.165) is 12.0 Å². The van der Waals surface area contributed by atoms with E-state index in [2.05, 4.69) is 10.6 Å². The minimum Gasteiger partial charge on any atom is -0.390 e. The Kier molecular flexibility index (Phi) is 7.30. The molecule has 0 aliphatic carbocycles. The normalized spacial score (nSPS) is 10.9. The van der Waals surface area contributed by atoms with Gasteiger partial charge in [-0.2, -0.15) is 5.26 Å². The summed E-state index contributed by atoms with van der Waals surface area (Å²) in [5, 5.41) is 15.2. The van der Waals surface area contributed by atoms with Gasteiger partial charge in [0.1, 0.15) is 11.6 Å². The van der Waals surface area contributed by atoms with Crippen LogP contribution >= 0.6 is 11.6 Å². The molecule has 0 aromatic heterocycles. The van der Waals surface area contributed by atoms with E-state index in [1.807, 2.05) is 6.07 Å². The van der Waals surface area contributed by atoms with Gasteiger partial charge < -0.3 is 15.4 Å². The van der Waals surface area contributed by atoms with Gasteiger partial charge >= 0.3 is 0 Å². The summed E-state index contributed by atoms with van der Waals surface area (Å²) in [6.45, 7) is 3.05. The van der Waals surface area contributed by atoms with Crippen molar-refractivity contribution in [3.63, 3.8) is 0 Å². The Bertz CT molecular complexity index is 565. The molecule has 0 aliphatic heterocycles. The minimum atomic E-state index is -0.470. The van der Waals surface area contributed by atoms with Crippen molar-refractivity contribution in [2.24, 2.45) is 0 Å². The molecule has 21 heavy (non-hydrogen) atoms. The predicted molar refractivity (Wildman–Crippen MR) is 83.0 cm³/mol. The Labute approximate surface area is 129 Å². The number of amides is 1. The van der Waals surface area contributed by atoms with Crippen LogP contribution in [0.3, 0.4) is 0 Å². The highest BCUT2D eigenvalue weighted by atomic mass is 35.5. The lowest BCUT2D eigenvalue weighted by Crippen LogP contribution is -2.18. The molecule has 0 radical (unpaired) electrons. The first-order chi connectivity index (χ1) is 10.1. The average Bonchev–Trinajstić information content (AvgIpc) is 2.47. The number of carbonyl (C=O) groups is 1. The fourth-order valence-electron chi connectivity index (χ4n) is 1.57. The second kappa shape index (κ2) is 9.01. The fraction of sp³-hybridized carbons (Fsp3) is 0.333. The van der Waals surface area contributed by atoms with Crippen molar-refractivity contribution >= 4 is 23.2 Å². The highest BCUT2D eigenvalue weighted by Crippen LogP contribution is 2.23. The molecule has 0 aliphatic rings. The topological polar surface area (TPSA) is 74.1 Å². The molecule has 5 nitrogen and oxygen atoms in total. The van der Waals surface area contributed by atoms with Gasteiger partial charge in [0.15, 0.2) is 0 Å². The molecule has 0 saturated carbocycles. The third-order valence-corrected chi connectivity index (χ3v) is 3.21. The van der Waals surface area contributed by atoms with Gasteiger partial charge in [0.05, 0.1) is 0 Å². The quantitative estimate of drug-likeness (QED) is 0.461. The third-order valence-electron chi connectivity index (χ3n) is 2.80. The van der Waals surface area contributed by atoms with Gasteiger partial charge in [-0.15, -0.1) is 0 Å². The number of halogens is 1. The third kappa shape index (κ3) is 5.46. The number of nitriles is 1. The van der Waals surface area contributed by atoms with Crippen LogP contribution in [0.4, 0.5) is 5.69 Å². The molecular weight excluding hydrogens is 290 g/mol. The summed E-state index contributed by atoms with van der Waals surface area (Å²) < 4.78 is 4.91. The Morgan fingerprint density at radius 1 is 1.52 bits per heavy atom. The molecule has 1 aromatic rings. The van der Waals surface area contributed by atoms with Crippen LogP contribution in [0.25, 0.3) is 0 Å². The van der Waals surface area contributed by atoms with Crippen LogP contribution in [0, 0.1) is 18.3 Å². The molecular formula is C15H18ClN3O2. The Balaban J connectivity index is 2.65. The first kappa shape index (κ1) is 17.0. The number of ether oxygens (including phenoxy) is 1. The lowest BCUT2D eigenvalue weighted by atomic mass is 10.2. The molecule has 6 heteroatoms. The van der Waals surface area contributed by atoms with Gasteiger partial charge in [0, 0.05) is 37.2 Å². The fourth-order valence-corrected chi connectivity index (χ4v) is 1.75. The number of hydrogen-bond donors (Lipinski definition) is 2. The molecule has 2 N–H and O–H groups in total. The van der Waals surface area contributed by atoms with E-state index in [0.29, 0.717) is 23.9 Å². The predicted octanol–water partition coefficient (Wildman–Crippen LogP) is 2.62. The summed E-state index contributed by atoms with van der Waals surface area (Å²) in [4.78, 5) is 12.0. The van der Waals surface area contributed by atoms with Gasteiger partial charge in [0.2, 0.25) is 0 Å². The van der Waals surface area contributed by atoms with Crippen molar-refractivity contribution in [3.05, 3.63) is 40.6 Å². The summed E-state index contributed by atoms with van der Waals surface area (Å²) in [6.07, 6.45) is 2.20. The summed E-state index contributed by atoms with van der Waals surface area (Å²) in [6, 6.07) is 7.09. The van der Waals surface area contributed by atoms with Crippen LogP contribution in [-0.2, 0) is 9.53 Å². The van der Waals surface area contributed by atoms with Crippen LogP contribution in [-0.4, -0.2) is 26.2 Å². The van der Waals surface area contributed by atoms with Crippen LogP contribution in [0.2, 0.25) is 5.02 Å². The van der Waals surface area contributed by atoms with Crippen LogP contribution in [0.15, 0.2) is 30.0 Å². The number of methoxy groups -OCH3 is 1. The monoisotopic (exact) mass is 307 g/mol. The number of benzene rings is 1. The van der Waals surface area contributed by atoms with Crippen molar-refractivity contribution in [1.82, 2.24) is 5.32 Å². The van der Waals surface area contributed by atoms with Gasteiger partial charge in [-0.1, -0.05) is 17.7 Å². The molecule has 0 spiro atoms. The Morgan fingerprint density at radius 3 is 2.95 bits per heavy atom. The lowest BCUT2D eigenvalue weighted by molar-refractivity contribution is -0.112. The zero-order valence-electron chi connectivity index (χ0n) is 12.1. The molecule has 112 valence electrons. The number of hydrogen-bond acceptors (Lipinski definition) is 4. The highest BCUT2D eigenvalue weighted by molar-refractivity contribution is 6.31. The SMILES string of the molecule is COCCCN/C=C(/C#N)C(=O)Nc1cccc(Cl)c1C. The van der Waals surface area contributed by atoms with E-state index in [4.69, 9.17) is 21.6 Å². The van der Waals surface area contributed by atoms with E-state index in [1.165, 1.54) is 6.20 Å². The summed E-state index contributed by atoms with van der Waals surface area (Å²) in [7, 11) is 1.62. The molecule has 0 atom stereocenters. The van der Waals surface area contributed by atoms with Gasteiger partial charge in [-0.3, -0.25) is 4.79 Å². The van der Waals surface area contributed by atoms with Crippen molar-refractivity contribution in [2.75, 3.05) is 25.6 Å². The largest absolute Gasteiger partial charge is 0.390 e. The number of carbonyl (C=O) groups excluding carboxylic acids is 1. The molecule has 1 rings (SSSR count). The summed E-state index contributed by atoms with van der Waals surface area (Å²) in [5.74, 6) is -0.470. The maximum absolute atomic E-state index is 12.0. The summed E-state index contributed by atoms with van der Waals surface area (Å²) in [5.41, 5.74) is 1.36. The first-order valence-corrected chi connectivity index (χ1v) is 6.87. The average molecular weight is 308 g/mol. The van der Waals surface area contributed by atoms with E-state index in [-0.39, 0.29) is 5.57 Å². The maximum atomic E-state index is 12.0. The molecule has 0 heterocycles. The zero-order chi connectivity index (χ0) is 15.7. The van der Waals surface area contributed by atoms with Crippen LogP contribution in [0.1, 0.15) is 12.0 Å². The number of rotatable bonds is 7. The standard InChI is InChI=1S/C15H18ClN3O2/c1-11-13(16)5-3-6-14(11)19-15(20)12(9-17)10-18-7-4-8-21-2/h3,5-6,10,18H,4,7-8H2,1-2H3,(H,19,20)/b12-10-. The molecule has 0 bridgehead atoms. The minimum absolute atomic E-state index is 0.00629. The maximum Gasteiger partial charge on any atom is 0.267 e. The number of nitrogens with one attached hydrogen (secondary N) is 2. The Hall–Kier alpha value is -2.03. The lowest BCUT2D eigenvalue weighted by Gasteiger charge is -2.09. The molecule has 0 saturated heterocycles. The van der Waals surface area contributed by atoms with Gasteiger partial charge in [-0.25, -0.2) is 0 Å². The van der Waals surface area contributed by atoms with E-state index in [9.17, 15) is 4.79 Å². The molecule has 0 fully saturated rings.